The van der Waals surface area contributed by atoms with Gasteiger partial charge in [0.1, 0.15) is 11.5 Å². The number of methoxy groups -OCH3 is 2. The largest absolute Gasteiger partial charge is 0.497 e. The Morgan fingerprint density at radius 1 is 0.830 bits per heavy atom. The Labute approximate surface area is 280 Å². The molecular formula is C35H37ClN2O8S. The molecule has 0 aliphatic carbocycles. The number of hydrogen-bond donors (Lipinski definition) is 1. The Morgan fingerprint density at radius 3 is 2.15 bits per heavy atom. The Morgan fingerprint density at radius 2 is 1.51 bits per heavy atom. The number of para-hydroxylation sites is 2. The number of carbonyl (C=O) groups excluding carboxylic acids is 1. The lowest BCUT2D eigenvalue weighted by Crippen LogP contribution is -2.40. The second kappa shape index (κ2) is 14.1. The maximum absolute atomic E-state index is 13.9. The number of amides is 1. The fourth-order valence-electron chi connectivity index (χ4n) is 4.89. The van der Waals surface area contributed by atoms with Gasteiger partial charge in [0.05, 0.1) is 43.0 Å². The summed E-state index contributed by atoms with van der Waals surface area (Å²) in [6.07, 6.45) is 0. The van der Waals surface area contributed by atoms with Gasteiger partial charge < -0.3 is 28.6 Å². The van der Waals surface area contributed by atoms with Crippen LogP contribution in [0.1, 0.15) is 36.7 Å². The number of rotatable bonds is 10. The lowest BCUT2D eigenvalue weighted by atomic mass is 9.87. The van der Waals surface area contributed by atoms with Gasteiger partial charge in [-0.05, 0) is 59.5 Å². The normalized spacial score (nSPS) is 13.5. The molecule has 0 atom stereocenters. The molecule has 1 amide bonds. The van der Waals surface area contributed by atoms with Crippen LogP contribution in [0.3, 0.4) is 0 Å². The first-order chi connectivity index (χ1) is 22.4. The van der Waals surface area contributed by atoms with Gasteiger partial charge >= 0.3 is 0 Å². The monoisotopic (exact) mass is 680 g/mol. The first kappa shape index (κ1) is 33.9. The summed E-state index contributed by atoms with van der Waals surface area (Å²) < 4.78 is 59.4. The number of ether oxygens (including phenoxy) is 5. The fraction of sp³-hybridized carbons (Fsp3) is 0.286. The first-order valence-corrected chi connectivity index (χ1v) is 16.8. The zero-order valence-corrected chi connectivity index (χ0v) is 28.4. The van der Waals surface area contributed by atoms with Crippen molar-refractivity contribution in [2.24, 2.45) is 0 Å². The van der Waals surface area contributed by atoms with E-state index in [0.717, 1.165) is 5.56 Å². The third-order valence-corrected chi connectivity index (χ3v) is 9.21. The van der Waals surface area contributed by atoms with Gasteiger partial charge in [0.25, 0.3) is 15.9 Å². The average Bonchev–Trinajstić information content (AvgIpc) is 3.06. The average molecular weight is 681 g/mol. The minimum atomic E-state index is -4.20. The van der Waals surface area contributed by atoms with Crippen LogP contribution < -0.4 is 23.7 Å². The van der Waals surface area contributed by atoms with Crippen molar-refractivity contribution < 1.29 is 36.9 Å². The van der Waals surface area contributed by atoms with Crippen LogP contribution in [0.25, 0.3) is 0 Å². The summed E-state index contributed by atoms with van der Waals surface area (Å²) in [6.45, 7) is 7.65. The van der Waals surface area contributed by atoms with Crippen molar-refractivity contribution in [1.29, 1.82) is 0 Å². The maximum Gasteiger partial charge on any atom is 0.262 e. The van der Waals surface area contributed by atoms with Gasteiger partial charge in [-0.3, -0.25) is 9.52 Å². The van der Waals surface area contributed by atoms with E-state index >= 15 is 0 Å². The number of anilines is 1. The number of hydrogen-bond acceptors (Lipinski definition) is 8. The minimum absolute atomic E-state index is 0.0213. The van der Waals surface area contributed by atoms with E-state index in [-0.39, 0.29) is 49.7 Å². The molecule has 12 heteroatoms. The van der Waals surface area contributed by atoms with Crippen molar-refractivity contribution in [2.75, 3.05) is 45.2 Å². The zero-order chi connectivity index (χ0) is 33.8. The summed E-state index contributed by atoms with van der Waals surface area (Å²) in [6, 6.07) is 21.3. The summed E-state index contributed by atoms with van der Waals surface area (Å²) in [5.41, 5.74) is 0.916. The molecule has 1 aliphatic heterocycles. The number of benzene rings is 4. The van der Waals surface area contributed by atoms with Crippen LogP contribution in [0.4, 0.5) is 5.69 Å². The van der Waals surface area contributed by atoms with E-state index in [1.54, 1.807) is 59.5 Å². The van der Waals surface area contributed by atoms with Crippen molar-refractivity contribution in [2.45, 2.75) is 31.1 Å². The second-order valence-corrected chi connectivity index (χ2v) is 13.9. The predicted molar refractivity (Wildman–Crippen MR) is 180 cm³/mol. The molecule has 1 N–H and O–H groups in total. The van der Waals surface area contributed by atoms with Gasteiger partial charge in [-0.15, -0.1) is 0 Å². The molecule has 47 heavy (non-hydrogen) atoms. The molecule has 0 radical (unpaired) electrons. The van der Waals surface area contributed by atoms with Crippen LogP contribution in [0, 0.1) is 0 Å². The lowest BCUT2D eigenvalue weighted by molar-refractivity contribution is 0.0302. The maximum atomic E-state index is 13.9. The van der Waals surface area contributed by atoms with Crippen LogP contribution in [-0.2, 0) is 20.2 Å². The summed E-state index contributed by atoms with van der Waals surface area (Å²) in [4.78, 5) is 15.4. The Balaban J connectivity index is 1.68. The van der Waals surface area contributed by atoms with E-state index in [0.29, 0.717) is 43.6 Å². The smallest absolute Gasteiger partial charge is 0.262 e. The van der Waals surface area contributed by atoms with E-state index in [1.807, 2.05) is 20.8 Å². The van der Waals surface area contributed by atoms with Crippen molar-refractivity contribution >= 4 is 33.2 Å². The molecule has 1 aliphatic rings. The fourth-order valence-corrected chi connectivity index (χ4v) is 6.10. The van der Waals surface area contributed by atoms with Gasteiger partial charge in [-0.25, -0.2) is 8.42 Å². The van der Waals surface area contributed by atoms with Crippen molar-refractivity contribution in [3.63, 3.8) is 0 Å². The number of carbonyl (C=O) groups is 1. The van der Waals surface area contributed by atoms with Crippen molar-refractivity contribution in [1.82, 2.24) is 4.90 Å². The van der Waals surface area contributed by atoms with Gasteiger partial charge in [0.2, 0.25) is 0 Å². The van der Waals surface area contributed by atoms with Crippen LogP contribution >= 0.6 is 11.6 Å². The Hall–Kier alpha value is -4.45. The summed E-state index contributed by atoms with van der Waals surface area (Å²) in [5.74, 6) is 0.991. The topological polar surface area (TPSA) is 113 Å². The molecule has 0 unspecified atom stereocenters. The number of morpholine rings is 1. The molecule has 5 rings (SSSR count). The highest BCUT2D eigenvalue weighted by Gasteiger charge is 2.27. The third-order valence-electron chi connectivity index (χ3n) is 7.51. The van der Waals surface area contributed by atoms with Crippen molar-refractivity contribution in [3.05, 3.63) is 95.0 Å². The molecule has 248 valence electrons. The van der Waals surface area contributed by atoms with Crippen LogP contribution in [0.15, 0.2) is 83.8 Å². The van der Waals surface area contributed by atoms with Crippen molar-refractivity contribution in [3.8, 4) is 34.5 Å². The second-order valence-electron chi connectivity index (χ2n) is 11.8. The SMILES string of the molecule is COc1ccc(Cl)c(Oc2c(NS(=O)(=O)c3ccc(C(C)(C)C)cc3)cc(C(=O)N3CCOCC3)cc2Oc2ccccc2OC)c1. The van der Waals surface area contributed by atoms with Gasteiger partial charge in [-0.1, -0.05) is 56.6 Å². The number of sulfonamides is 1. The van der Waals surface area contributed by atoms with E-state index in [2.05, 4.69) is 4.72 Å². The van der Waals surface area contributed by atoms with Crippen LogP contribution in [-0.4, -0.2) is 59.7 Å². The molecule has 0 spiro atoms. The third kappa shape index (κ3) is 7.93. The molecule has 10 nitrogen and oxygen atoms in total. The van der Waals surface area contributed by atoms with E-state index in [4.69, 9.17) is 35.3 Å². The Bertz CT molecular complexity index is 1850. The summed E-state index contributed by atoms with van der Waals surface area (Å²) >= 11 is 6.53. The standard InChI is InChI=1S/C35H37ClN2O8S/c1-35(2,3)24-10-13-26(14-11-24)47(40,41)37-28-20-23(34(39)38-16-18-44-19-17-38)21-32(45-30-9-7-6-8-29(30)43-5)33(28)46-31-22-25(42-4)12-15-27(31)36/h6-15,20-22,37H,16-19H2,1-5H3. The summed E-state index contributed by atoms with van der Waals surface area (Å²) in [5, 5.41) is 0.231. The number of halogens is 1. The van der Waals surface area contributed by atoms with E-state index in [1.165, 1.54) is 38.5 Å². The molecule has 4 aromatic rings. The highest BCUT2D eigenvalue weighted by molar-refractivity contribution is 7.92. The van der Waals surface area contributed by atoms with Gasteiger partial charge in [-0.2, -0.15) is 0 Å². The lowest BCUT2D eigenvalue weighted by Gasteiger charge is -2.27. The molecule has 0 saturated carbocycles. The highest BCUT2D eigenvalue weighted by atomic mass is 35.5. The molecular weight excluding hydrogens is 644 g/mol. The van der Waals surface area contributed by atoms with Crippen LogP contribution in [0.2, 0.25) is 5.02 Å². The molecule has 0 bridgehead atoms. The predicted octanol–water partition coefficient (Wildman–Crippen LogP) is 7.51. The van der Waals surface area contributed by atoms with Crippen LogP contribution in [0.5, 0.6) is 34.5 Å². The van der Waals surface area contributed by atoms with E-state index < -0.39 is 10.0 Å². The molecule has 1 fully saturated rings. The Kier molecular flexibility index (Phi) is 10.2. The van der Waals surface area contributed by atoms with Gasteiger partial charge in [0, 0.05) is 24.7 Å². The first-order valence-electron chi connectivity index (χ1n) is 14.9. The quantitative estimate of drug-likeness (QED) is 0.183. The van der Waals surface area contributed by atoms with Gasteiger partial charge in [0.15, 0.2) is 23.0 Å². The molecule has 0 aromatic heterocycles. The van der Waals surface area contributed by atoms with E-state index in [9.17, 15) is 13.2 Å². The number of nitrogens with zero attached hydrogens (tertiary/aromatic N) is 1. The summed E-state index contributed by atoms with van der Waals surface area (Å²) in [7, 11) is -1.20. The molecule has 1 saturated heterocycles. The zero-order valence-electron chi connectivity index (χ0n) is 26.8. The highest BCUT2D eigenvalue weighted by Crippen LogP contribution is 2.46. The molecule has 1 heterocycles. The minimum Gasteiger partial charge on any atom is -0.497 e. The molecule has 4 aromatic carbocycles. The number of nitrogens with one attached hydrogen (secondary N) is 1.